The molecule has 0 radical (unpaired) electrons. The van der Waals surface area contributed by atoms with Crippen LogP contribution in [0.1, 0.15) is 23.5 Å². The average Bonchev–Trinajstić information content (AvgIpc) is 2.45. The molecule has 0 amide bonds. The molecule has 0 unspecified atom stereocenters. The number of aromatic nitrogens is 1. The molecular weight excluding hydrogens is 168 g/mol. The van der Waals surface area contributed by atoms with Gasteiger partial charge in [0, 0.05) is 11.8 Å². The van der Waals surface area contributed by atoms with E-state index in [0.717, 1.165) is 23.5 Å². The molecule has 64 valence electrons. The molecule has 1 heterocycles. The number of thiazole rings is 1. The van der Waals surface area contributed by atoms with E-state index < -0.39 is 0 Å². The minimum atomic E-state index is 0.713. The van der Waals surface area contributed by atoms with Crippen LogP contribution in [-0.4, -0.2) is 11.5 Å². The van der Waals surface area contributed by atoms with Crippen molar-refractivity contribution in [2.75, 3.05) is 6.54 Å². The smallest absolute Gasteiger partial charge is 0.124 e. The van der Waals surface area contributed by atoms with E-state index in [2.05, 4.69) is 16.8 Å². The zero-order valence-electron chi connectivity index (χ0n) is 7.13. The van der Waals surface area contributed by atoms with Crippen LogP contribution < -0.4 is 5.73 Å². The molecular formula is C9H12N2S. The van der Waals surface area contributed by atoms with Crippen molar-refractivity contribution in [1.82, 2.24) is 4.98 Å². The number of unbranched alkanes of at least 4 members (excludes halogenated alkanes) is 1. The van der Waals surface area contributed by atoms with Crippen molar-refractivity contribution in [3.63, 3.8) is 0 Å². The maximum absolute atomic E-state index is 5.33. The van der Waals surface area contributed by atoms with Crippen molar-refractivity contribution in [3.05, 3.63) is 16.1 Å². The van der Waals surface area contributed by atoms with Crippen LogP contribution in [0.4, 0.5) is 0 Å². The van der Waals surface area contributed by atoms with E-state index in [1.54, 1.807) is 11.3 Å². The summed E-state index contributed by atoms with van der Waals surface area (Å²) in [6.07, 6.45) is 1.84. The van der Waals surface area contributed by atoms with Gasteiger partial charge in [0.05, 0.1) is 5.01 Å². The fourth-order valence-corrected chi connectivity index (χ4v) is 1.31. The van der Waals surface area contributed by atoms with Crippen LogP contribution in [0.25, 0.3) is 0 Å². The number of aryl methyl sites for hydroxylation is 1. The molecule has 0 aliphatic rings. The van der Waals surface area contributed by atoms with Crippen molar-refractivity contribution in [2.24, 2.45) is 5.73 Å². The molecule has 0 aromatic carbocycles. The van der Waals surface area contributed by atoms with E-state index in [0.29, 0.717) is 6.54 Å². The Bertz CT molecular complexity index is 293. The highest BCUT2D eigenvalue weighted by molar-refractivity contribution is 7.09. The van der Waals surface area contributed by atoms with E-state index in [4.69, 9.17) is 5.73 Å². The lowest BCUT2D eigenvalue weighted by Gasteiger charge is -1.83. The predicted molar refractivity (Wildman–Crippen MR) is 52.0 cm³/mol. The summed E-state index contributed by atoms with van der Waals surface area (Å²) < 4.78 is 0. The molecule has 0 spiro atoms. The maximum Gasteiger partial charge on any atom is 0.124 e. The maximum atomic E-state index is 5.33. The van der Waals surface area contributed by atoms with E-state index in [1.807, 2.05) is 12.3 Å². The van der Waals surface area contributed by atoms with E-state index in [1.165, 1.54) is 0 Å². The van der Waals surface area contributed by atoms with Gasteiger partial charge in [-0.05, 0) is 25.8 Å². The normalized spacial score (nSPS) is 9.17. The van der Waals surface area contributed by atoms with Crippen LogP contribution in [0.2, 0.25) is 0 Å². The molecule has 1 rings (SSSR count). The van der Waals surface area contributed by atoms with Gasteiger partial charge in [0.2, 0.25) is 0 Å². The van der Waals surface area contributed by atoms with Gasteiger partial charge in [-0.15, -0.1) is 11.3 Å². The van der Waals surface area contributed by atoms with E-state index in [-0.39, 0.29) is 0 Å². The lowest BCUT2D eigenvalue weighted by molar-refractivity contribution is 0.870. The Morgan fingerprint density at radius 2 is 2.50 bits per heavy atom. The van der Waals surface area contributed by atoms with Gasteiger partial charge in [0.15, 0.2) is 0 Å². The molecule has 2 nitrogen and oxygen atoms in total. The summed E-state index contributed by atoms with van der Waals surface area (Å²) in [6, 6.07) is 0. The second-order valence-corrected chi connectivity index (χ2v) is 3.51. The van der Waals surface area contributed by atoms with Gasteiger partial charge in [-0.2, -0.15) is 0 Å². The Hall–Kier alpha value is -0.850. The first-order valence-corrected chi connectivity index (χ1v) is 4.82. The van der Waals surface area contributed by atoms with Gasteiger partial charge < -0.3 is 5.73 Å². The molecule has 3 heteroatoms. The number of hydrogen-bond donors (Lipinski definition) is 1. The molecule has 1 aromatic rings. The molecule has 0 fully saturated rings. The topological polar surface area (TPSA) is 38.9 Å². The second kappa shape index (κ2) is 4.91. The van der Waals surface area contributed by atoms with Gasteiger partial charge in [-0.25, -0.2) is 4.98 Å². The summed E-state index contributed by atoms with van der Waals surface area (Å²) in [4.78, 5) is 4.22. The summed E-state index contributed by atoms with van der Waals surface area (Å²) in [5.74, 6) is 6.02. The predicted octanol–water partition coefficient (Wildman–Crippen LogP) is 1.54. The van der Waals surface area contributed by atoms with Crippen LogP contribution in [0.3, 0.4) is 0 Å². The number of rotatable bonds is 2. The van der Waals surface area contributed by atoms with Crippen LogP contribution in [0.15, 0.2) is 5.38 Å². The Labute approximate surface area is 76.8 Å². The van der Waals surface area contributed by atoms with Crippen LogP contribution >= 0.6 is 11.3 Å². The molecule has 1 aromatic heterocycles. The van der Waals surface area contributed by atoms with Crippen molar-refractivity contribution < 1.29 is 0 Å². The van der Waals surface area contributed by atoms with Gasteiger partial charge in [0.1, 0.15) is 5.69 Å². The van der Waals surface area contributed by atoms with Crippen molar-refractivity contribution in [2.45, 2.75) is 19.8 Å². The van der Waals surface area contributed by atoms with Gasteiger partial charge in [0.25, 0.3) is 0 Å². The number of hydrogen-bond acceptors (Lipinski definition) is 3. The molecule has 0 saturated carbocycles. The molecule has 0 saturated heterocycles. The fourth-order valence-electron chi connectivity index (χ4n) is 0.764. The third-order valence-corrected chi connectivity index (χ3v) is 2.11. The fraction of sp³-hybridized carbons (Fsp3) is 0.444. The minimum absolute atomic E-state index is 0.713. The lowest BCUT2D eigenvalue weighted by Crippen LogP contribution is -1.96. The molecule has 12 heavy (non-hydrogen) atoms. The van der Waals surface area contributed by atoms with Crippen molar-refractivity contribution >= 4 is 11.3 Å². The zero-order chi connectivity index (χ0) is 8.81. The first-order chi connectivity index (χ1) is 5.83. The first kappa shape index (κ1) is 9.24. The molecule has 0 atom stereocenters. The number of nitrogens with two attached hydrogens (primary N) is 1. The van der Waals surface area contributed by atoms with Crippen LogP contribution in [0.5, 0.6) is 0 Å². The quantitative estimate of drug-likeness (QED) is 0.554. The summed E-state index contributed by atoms with van der Waals surface area (Å²) in [5.41, 5.74) is 6.21. The van der Waals surface area contributed by atoms with Gasteiger partial charge in [-0.3, -0.25) is 0 Å². The largest absolute Gasteiger partial charge is 0.330 e. The van der Waals surface area contributed by atoms with Gasteiger partial charge in [-0.1, -0.05) is 5.92 Å². The monoisotopic (exact) mass is 180 g/mol. The molecule has 0 bridgehead atoms. The molecule has 0 aliphatic heterocycles. The number of nitrogens with zero attached hydrogens (tertiary/aromatic N) is 1. The lowest BCUT2D eigenvalue weighted by atomic mass is 10.3. The third kappa shape index (κ3) is 3.04. The Morgan fingerprint density at radius 3 is 3.08 bits per heavy atom. The van der Waals surface area contributed by atoms with E-state index in [9.17, 15) is 0 Å². The Kier molecular flexibility index (Phi) is 3.78. The van der Waals surface area contributed by atoms with Crippen LogP contribution in [0, 0.1) is 18.8 Å². The average molecular weight is 180 g/mol. The third-order valence-electron chi connectivity index (χ3n) is 1.34. The molecule has 2 N–H and O–H groups in total. The Balaban J connectivity index is 2.43. The Morgan fingerprint density at radius 1 is 1.67 bits per heavy atom. The van der Waals surface area contributed by atoms with Crippen molar-refractivity contribution in [1.29, 1.82) is 0 Å². The highest BCUT2D eigenvalue weighted by Crippen LogP contribution is 2.05. The highest BCUT2D eigenvalue weighted by atomic mass is 32.1. The van der Waals surface area contributed by atoms with E-state index >= 15 is 0 Å². The second-order valence-electron chi connectivity index (χ2n) is 2.45. The summed E-state index contributed by atoms with van der Waals surface area (Å²) in [6.45, 7) is 2.69. The highest BCUT2D eigenvalue weighted by Gasteiger charge is 1.90. The SMILES string of the molecule is Cc1nc(C#CCCCN)cs1. The zero-order valence-corrected chi connectivity index (χ0v) is 7.95. The first-order valence-electron chi connectivity index (χ1n) is 3.94. The minimum Gasteiger partial charge on any atom is -0.330 e. The van der Waals surface area contributed by atoms with Crippen molar-refractivity contribution in [3.8, 4) is 11.8 Å². The standard InChI is InChI=1S/C9H12N2S/c1-8-11-9(7-12-8)5-3-2-4-6-10/h7H,2,4,6,10H2,1H3. The summed E-state index contributed by atoms with van der Waals surface area (Å²) in [5, 5.41) is 3.04. The van der Waals surface area contributed by atoms with Gasteiger partial charge >= 0.3 is 0 Å². The summed E-state index contributed by atoms with van der Waals surface area (Å²) in [7, 11) is 0. The summed E-state index contributed by atoms with van der Waals surface area (Å²) >= 11 is 1.63. The van der Waals surface area contributed by atoms with Crippen LogP contribution in [-0.2, 0) is 0 Å². The molecule has 0 aliphatic carbocycles.